The van der Waals surface area contributed by atoms with Gasteiger partial charge in [-0.15, -0.1) is 0 Å². The van der Waals surface area contributed by atoms with Crippen LogP contribution in [-0.2, 0) is 38.4 Å². The highest BCUT2D eigenvalue weighted by Crippen LogP contribution is 2.42. The molecule has 0 fully saturated rings. The van der Waals surface area contributed by atoms with Crippen molar-refractivity contribution in [2.45, 2.75) is 44.4 Å². The summed E-state index contributed by atoms with van der Waals surface area (Å²) in [5, 5.41) is 2.61. The normalized spacial score (nSPS) is 11.4. The fourth-order valence-electron chi connectivity index (χ4n) is 6.26. The second-order valence-corrected chi connectivity index (χ2v) is 13.2. The molecule has 11 nitrogen and oxygen atoms in total. The molecular formula is C44H54N3O8. The first-order valence-electron chi connectivity index (χ1n) is 18.6. The van der Waals surface area contributed by atoms with Crippen LogP contribution in [0.4, 0.5) is 0 Å². The average Bonchev–Trinajstić information content (AvgIpc) is 3.20. The predicted octanol–water partition coefficient (Wildman–Crippen LogP) is 5.72. The van der Waals surface area contributed by atoms with E-state index in [-0.39, 0.29) is 37.6 Å². The molecule has 0 aromatic heterocycles. The summed E-state index contributed by atoms with van der Waals surface area (Å²) in [6.07, 6.45) is 4.10. The lowest BCUT2D eigenvalue weighted by Crippen LogP contribution is -2.27. The van der Waals surface area contributed by atoms with Gasteiger partial charge >= 0.3 is 0 Å². The summed E-state index contributed by atoms with van der Waals surface area (Å²) < 4.78 is 29.5. The fourth-order valence-corrected chi connectivity index (χ4v) is 6.26. The molecule has 1 unspecified atom stereocenters. The lowest BCUT2D eigenvalue weighted by atomic mass is 9.76. The molecule has 4 rings (SSSR count). The highest BCUT2D eigenvalue weighted by atomic mass is 16.5. The van der Waals surface area contributed by atoms with Crippen molar-refractivity contribution in [3.05, 3.63) is 125 Å². The molecule has 4 aromatic carbocycles. The fraction of sp³-hybridized carbons (Fsp3) is 0.364. The number of ether oxygens (including phenoxy) is 5. The molecule has 1 radical (unpaired) electrons. The van der Waals surface area contributed by atoms with Crippen LogP contribution in [-0.4, -0.2) is 83.9 Å². The number of aryl methyl sites for hydroxylation is 3. The van der Waals surface area contributed by atoms with Crippen molar-refractivity contribution in [1.29, 1.82) is 0 Å². The maximum Gasteiger partial charge on any atom is 0.259 e. The van der Waals surface area contributed by atoms with Gasteiger partial charge in [0.2, 0.25) is 0 Å². The van der Waals surface area contributed by atoms with Crippen molar-refractivity contribution in [3.8, 4) is 23.0 Å². The van der Waals surface area contributed by atoms with E-state index >= 15 is 0 Å². The number of primary amides is 1. The Labute approximate surface area is 325 Å². The summed E-state index contributed by atoms with van der Waals surface area (Å²) in [5.41, 5.74) is 9.42. The van der Waals surface area contributed by atoms with Gasteiger partial charge in [-0.3, -0.25) is 14.4 Å². The minimum absolute atomic E-state index is 0.0559. The number of nitrogens with zero attached hydrogens (tertiary/aromatic N) is 1. The van der Waals surface area contributed by atoms with Crippen LogP contribution < -0.4 is 30.0 Å². The van der Waals surface area contributed by atoms with Crippen molar-refractivity contribution in [2.24, 2.45) is 5.73 Å². The Kier molecular flexibility index (Phi) is 17.4. The maximum atomic E-state index is 12.4. The molecule has 3 N–H and O–H groups in total. The number of nitrogens with one attached hydrogen (secondary N) is 1. The number of hydrogen-bond donors (Lipinski definition) is 2. The third kappa shape index (κ3) is 13.7. The SMILES string of the molecule is CNC(=O)COc1ccccc1CC[C](CCc1ccccc1OCC(N)=O)C(CCc1ccccc1OCC(=O)N(C)C)c1ccccc1OCCOC. The Morgan fingerprint density at radius 2 is 1.13 bits per heavy atom. The zero-order valence-electron chi connectivity index (χ0n) is 32.4. The second-order valence-electron chi connectivity index (χ2n) is 13.2. The summed E-state index contributed by atoms with van der Waals surface area (Å²) in [4.78, 5) is 37.6. The van der Waals surface area contributed by atoms with E-state index in [1.165, 1.54) is 10.8 Å². The smallest absolute Gasteiger partial charge is 0.259 e. The Hall–Kier alpha value is -5.55. The number of benzene rings is 4. The molecule has 0 aliphatic heterocycles. The van der Waals surface area contributed by atoms with Crippen molar-refractivity contribution in [1.82, 2.24) is 10.2 Å². The van der Waals surface area contributed by atoms with E-state index in [0.29, 0.717) is 62.6 Å². The summed E-state index contributed by atoms with van der Waals surface area (Å²) >= 11 is 0. The molecule has 55 heavy (non-hydrogen) atoms. The van der Waals surface area contributed by atoms with E-state index in [1.807, 2.05) is 91.0 Å². The quantitative estimate of drug-likeness (QED) is 0.0867. The first kappa shape index (κ1) is 42.2. The van der Waals surface area contributed by atoms with Gasteiger partial charge in [-0.1, -0.05) is 72.8 Å². The predicted molar refractivity (Wildman–Crippen MR) is 213 cm³/mol. The molecule has 0 aliphatic carbocycles. The Balaban J connectivity index is 1.72. The molecule has 11 heteroatoms. The summed E-state index contributed by atoms with van der Waals surface area (Å²) in [5.74, 6) is 3.07. The molecular weight excluding hydrogens is 698 g/mol. The van der Waals surface area contributed by atoms with Gasteiger partial charge in [0.1, 0.15) is 29.6 Å². The first-order valence-corrected chi connectivity index (χ1v) is 18.6. The Bertz CT molecular complexity index is 1810. The monoisotopic (exact) mass is 752 g/mol. The summed E-state index contributed by atoms with van der Waals surface area (Å²) in [6.45, 7) is 0.493. The van der Waals surface area contributed by atoms with E-state index < -0.39 is 5.91 Å². The number of rotatable bonds is 24. The molecule has 4 aromatic rings. The van der Waals surface area contributed by atoms with E-state index in [1.54, 1.807) is 28.3 Å². The van der Waals surface area contributed by atoms with Gasteiger partial charge in [-0.25, -0.2) is 0 Å². The van der Waals surface area contributed by atoms with Crippen molar-refractivity contribution < 1.29 is 38.1 Å². The largest absolute Gasteiger partial charge is 0.491 e. The minimum atomic E-state index is -0.542. The third-order valence-corrected chi connectivity index (χ3v) is 9.24. The number of likely N-dealkylation sites (N-methyl/N-ethyl adjacent to an activating group) is 2. The lowest BCUT2D eigenvalue weighted by molar-refractivity contribution is -0.130. The van der Waals surface area contributed by atoms with Crippen LogP contribution in [0.5, 0.6) is 23.0 Å². The van der Waals surface area contributed by atoms with Crippen LogP contribution in [0.1, 0.15) is 47.4 Å². The number of nitrogens with two attached hydrogens (primary N) is 1. The molecule has 0 heterocycles. The molecule has 0 aliphatic rings. The van der Waals surface area contributed by atoms with E-state index in [2.05, 4.69) is 11.4 Å². The summed E-state index contributed by atoms with van der Waals surface area (Å²) in [6, 6.07) is 31.4. The average molecular weight is 753 g/mol. The standard InChI is InChI=1S/C44H54N3O8/c1-46-43(49)30-54-39-18-10-6-14-34(39)24-22-32(21-23-33-13-5-9-17-38(33)53-29-42(45)48)36(37-16-8-12-20-41(37)52-28-27-51-4)26-25-35-15-7-11-19-40(35)55-31-44(50)47(2)3/h5-20,36H,21-31H2,1-4H3,(H2,45,48)(H,46,49). The molecule has 0 saturated heterocycles. The topological polar surface area (TPSA) is 139 Å². The molecule has 0 bridgehead atoms. The second kappa shape index (κ2) is 22.6. The van der Waals surface area contributed by atoms with E-state index in [9.17, 15) is 14.4 Å². The van der Waals surface area contributed by atoms with Gasteiger partial charge in [-0.05, 0) is 96.9 Å². The van der Waals surface area contributed by atoms with Crippen LogP contribution in [0, 0.1) is 5.92 Å². The number of hydrogen-bond acceptors (Lipinski definition) is 8. The van der Waals surface area contributed by atoms with Gasteiger partial charge in [0, 0.05) is 28.3 Å². The lowest BCUT2D eigenvalue weighted by Gasteiger charge is -2.30. The van der Waals surface area contributed by atoms with Gasteiger partial charge in [0.25, 0.3) is 17.7 Å². The molecule has 3 amide bonds. The van der Waals surface area contributed by atoms with Crippen molar-refractivity contribution >= 4 is 17.7 Å². The van der Waals surface area contributed by atoms with Gasteiger partial charge in [0.15, 0.2) is 19.8 Å². The number of para-hydroxylation sites is 4. The van der Waals surface area contributed by atoms with Gasteiger partial charge in [-0.2, -0.15) is 0 Å². The summed E-state index contributed by atoms with van der Waals surface area (Å²) in [7, 11) is 6.65. The van der Waals surface area contributed by atoms with Crippen LogP contribution in [0.3, 0.4) is 0 Å². The van der Waals surface area contributed by atoms with Crippen LogP contribution in [0.25, 0.3) is 0 Å². The molecule has 0 saturated carbocycles. The number of methoxy groups -OCH3 is 1. The Morgan fingerprint density at radius 1 is 0.636 bits per heavy atom. The molecule has 1 atom stereocenters. The van der Waals surface area contributed by atoms with Crippen LogP contribution in [0.15, 0.2) is 97.1 Å². The van der Waals surface area contributed by atoms with Crippen LogP contribution in [0.2, 0.25) is 0 Å². The van der Waals surface area contributed by atoms with Crippen molar-refractivity contribution in [3.63, 3.8) is 0 Å². The third-order valence-electron chi connectivity index (χ3n) is 9.24. The number of carbonyl (C=O) groups excluding carboxylic acids is 3. The minimum Gasteiger partial charge on any atom is -0.491 e. The van der Waals surface area contributed by atoms with Gasteiger partial charge in [0.05, 0.1) is 6.61 Å². The molecule has 0 spiro atoms. The molecule has 293 valence electrons. The highest BCUT2D eigenvalue weighted by Gasteiger charge is 2.28. The maximum absolute atomic E-state index is 12.4. The van der Waals surface area contributed by atoms with Crippen LogP contribution >= 0.6 is 0 Å². The van der Waals surface area contributed by atoms with E-state index in [0.717, 1.165) is 34.4 Å². The highest BCUT2D eigenvalue weighted by molar-refractivity contribution is 5.77. The van der Waals surface area contributed by atoms with E-state index in [4.69, 9.17) is 29.4 Å². The van der Waals surface area contributed by atoms with Gasteiger partial charge < -0.3 is 39.6 Å². The Morgan fingerprint density at radius 3 is 1.65 bits per heavy atom. The number of carbonyl (C=O) groups is 3. The zero-order chi connectivity index (χ0) is 39.4. The zero-order valence-corrected chi connectivity index (χ0v) is 32.4. The first-order chi connectivity index (χ1) is 26.7. The number of amides is 3. The van der Waals surface area contributed by atoms with Crippen molar-refractivity contribution in [2.75, 3.05) is 61.3 Å².